The molecule has 0 radical (unpaired) electrons. The minimum Gasteiger partial charge on any atom is -0.494 e. The SMILES string of the molecule is CCOc1ccc(C2SCC(=O)N2CCCN2CCOCC2)cc1. The largest absolute Gasteiger partial charge is 0.494 e. The zero-order valence-electron chi connectivity index (χ0n) is 14.3. The van der Waals surface area contributed by atoms with Crippen molar-refractivity contribution in [3.63, 3.8) is 0 Å². The first-order chi connectivity index (χ1) is 11.8. The molecule has 1 unspecified atom stereocenters. The molecule has 1 amide bonds. The molecule has 0 N–H and O–H groups in total. The van der Waals surface area contributed by atoms with Crippen molar-refractivity contribution in [2.45, 2.75) is 18.7 Å². The topological polar surface area (TPSA) is 42.0 Å². The molecule has 3 rings (SSSR count). The monoisotopic (exact) mass is 350 g/mol. The van der Waals surface area contributed by atoms with Crippen LogP contribution in [0.15, 0.2) is 24.3 Å². The fourth-order valence-corrected chi connectivity index (χ4v) is 4.38. The molecule has 24 heavy (non-hydrogen) atoms. The van der Waals surface area contributed by atoms with E-state index in [1.165, 1.54) is 5.56 Å². The molecule has 0 bridgehead atoms. The first-order valence-corrected chi connectivity index (χ1v) is 9.76. The molecular formula is C18H26N2O3S. The van der Waals surface area contributed by atoms with Gasteiger partial charge >= 0.3 is 0 Å². The second-order valence-electron chi connectivity index (χ2n) is 6.06. The standard InChI is InChI=1S/C18H26N2O3S/c1-2-23-16-6-4-15(5-7-16)18-20(17(21)14-24-18)9-3-8-19-10-12-22-13-11-19/h4-7,18H,2-3,8-14H2,1H3. The van der Waals surface area contributed by atoms with E-state index in [0.29, 0.717) is 12.4 Å². The highest BCUT2D eigenvalue weighted by Gasteiger charge is 2.32. The lowest BCUT2D eigenvalue weighted by atomic mass is 10.2. The Morgan fingerprint density at radius 3 is 2.67 bits per heavy atom. The van der Waals surface area contributed by atoms with Gasteiger partial charge in [0.05, 0.1) is 25.6 Å². The zero-order chi connectivity index (χ0) is 16.8. The molecule has 132 valence electrons. The van der Waals surface area contributed by atoms with Crippen molar-refractivity contribution in [1.82, 2.24) is 9.80 Å². The van der Waals surface area contributed by atoms with E-state index in [4.69, 9.17) is 9.47 Å². The van der Waals surface area contributed by atoms with Crippen LogP contribution >= 0.6 is 11.8 Å². The minimum atomic E-state index is 0.137. The number of morpholine rings is 1. The van der Waals surface area contributed by atoms with Gasteiger partial charge in [0, 0.05) is 26.2 Å². The predicted octanol–water partition coefficient (Wildman–Crippen LogP) is 2.38. The molecule has 1 aromatic rings. The lowest BCUT2D eigenvalue weighted by molar-refractivity contribution is -0.128. The summed E-state index contributed by atoms with van der Waals surface area (Å²) in [5, 5.41) is 0.137. The number of ether oxygens (including phenoxy) is 2. The van der Waals surface area contributed by atoms with Crippen LogP contribution in [0.1, 0.15) is 24.3 Å². The lowest BCUT2D eigenvalue weighted by Crippen LogP contribution is -2.38. The van der Waals surface area contributed by atoms with Crippen LogP contribution in [0.2, 0.25) is 0 Å². The van der Waals surface area contributed by atoms with Gasteiger partial charge in [-0.05, 0) is 31.0 Å². The molecular weight excluding hydrogens is 324 g/mol. The van der Waals surface area contributed by atoms with E-state index in [-0.39, 0.29) is 11.3 Å². The van der Waals surface area contributed by atoms with E-state index < -0.39 is 0 Å². The van der Waals surface area contributed by atoms with Crippen LogP contribution in [0.3, 0.4) is 0 Å². The van der Waals surface area contributed by atoms with Crippen LogP contribution in [-0.2, 0) is 9.53 Å². The van der Waals surface area contributed by atoms with Crippen molar-refractivity contribution in [3.8, 4) is 5.75 Å². The quantitative estimate of drug-likeness (QED) is 0.755. The molecule has 2 aliphatic rings. The van der Waals surface area contributed by atoms with Gasteiger partial charge in [-0.1, -0.05) is 12.1 Å². The Labute approximate surface area is 148 Å². The Bertz CT molecular complexity index is 532. The molecule has 1 aromatic carbocycles. The van der Waals surface area contributed by atoms with Gasteiger partial charge in [-0.15, -0.1) is 11.8 Å². The summed E-state index contributed by atoms with van der Waals surface area (Å²) >= 11 is 1.72. The molecule has 2 heterocycles. The van der Waals surface area contributed by atoms with Crippen LogP contribution in [0.25, 0.3) is 0 Å². The number of rotatable bonds is 7. The summed E-state index contributed by atoms with van der Waals surface area (Å²) in [6, 6.07) is 8.15. The van der Waals surface area contributed by atoms with E-state index in [9.17, 15) is 4.79 Å². The average molecular weight is 350 g/mol. The van der Waals surface area contributed by atoms with Crippen molar-refractivity contribution < 1.29 is 14.3 Å². The Hall–Kier alpha value is -1.24. The average Bonchev–Trinajstić information content (AvgIpc) is 2.98. The summed E-state index contributed by atoms with van der Waals surface area (Å²) < 4.78 is 10.9. The number of nitrogens with zero attached hydrogens (tertiary/aromatic N) is 2. The van der Waals surface area contributed by atoms with Crippen LogP contribution < -0.4 is 4.74 Å². The van der Waals surface area contributed by atoms with Gasteiger partial charge < -0.3 is 14.4 Å². The molecule has 2 aliphatic heterocycles. The van der Waals surface area contributed by atoms with Crippen molar-refractivity contribution in [2.75, 3.05) is 51.8 Å². The van der Waals surface area contributed by atoms with Crippen molar-refractivity contribution >= 4 is 17.7 Å². The molecule has 0 aliphatic carbocycles. The van der Waals surface area contributed by atoms with Crippen LogP contribution in [0, 0.1) is 0 Å². The minimum absolute atomic E-state index is 0.137. The maximum Gasteiger partial charge on any atom is 0.233 e. The van der Waals surface area contributed by atoms with Crippen LogP contribution in [0.4, 0.5) is 0 Å². The maximum atomic E-state index is 12.3. The molecule has 5 nitrogen and oxygen atoms in total. The summed E-state index contributed by atoms with van der Waals surface area (Å²) in [5.41, 5.74) is 1.18. The fraction of sp³-hybridized carbons (Fsp3) is 0.611. The molecule has 0 aromatic heterocycles. The van der Waals surface area contributed by atoms with Crippen LogP contribution in [-0.4, -0.2) is 67.5 Å². The van der Waals surface area contributed by atoms with Crippen molar-refractivity contribution in [1.29, 1.82) is 0 Å². The molecule has 0 spiro atoms. The fourth-order valence-electron chi connectivity index (χ4n) is 3.16. The third-order valence-electron chi connectivity index (χ3n) is 4.42. The number of carbonyl (C=O) groups is 1. The van der Waals surface area contributed by atoms with Gasteiger partial charge in [-0.2, -0.15) is 0 Å². The third-order valence-corrected chi connectivity index (χ3v) is 5.68. The number of carbonyl (C=O) groups excluding carboxylic acids is 1. The smallest absolute Gasteiger partial charge is 0.233 e. The second-order valence-corrected chi connectivity index (χ2v) is 7.13. The Balaban J connectivity index is 1.55. The van der Waals surface area contributed by atoms with E-state index in [1.54, 1.807) is 11.8 Å². The summed E-state index contributed by atoms with van der Waals surface area (Å²) in [4.78, 5) is 16.7. The number of benzene rings is 1. The van der Waals surface area contributed by atoms with Crippen molar-refractivity contribution in [2.24, 2.45) is 0 Å². The first-order valence-electron chi connectivity index (χ1n) is 8.72. The van der Waals surface area contributed by atoms with Gasteiger partial charge in [0.15, 0.2) is 0 Å². The predicted molar refractivity (Wildman–Crippen MR) is 96.4 cm³/mol. The van der Waals surface area contributed by atoms with Gasteiger partial charge in [0.25, 0.3) is 0 Å². The highest BCUT2D eigenvalue weighted by Crippen LogP contribution is 2.39. The molecule has 1 atom stereocenters. The number of hydrogen-bond donors (Lipinski definition) is 0. The van der Waals surface area contributed by atoms with Gasteiger partial charge in [0.2, 0.25) is 5.91 Å². The molecule has 2 fully saturated rings. The van der Waals surface area contributed by atoms with E-state index >= 15 is 0 Å². The van der Waals surface area contributed by atoms with E-state index in [1.807, 2.05) is 24.0 Å². The van der Waals surface area contributed by atoms with E-state index in [0.717, 1.165) is 51.6 Å². The lowest BCUT2D eigenvalue weighted by Gasteiger charge is -2.29. The second kappa shape index (κ2) is 8.74. The number of amides is 1. The molecule has 2 saturated heterocycles. The van der Waals surface area contributed by atoms with Crippen molar-refractivity contribution in [3.05, 3.63) is 29.8 Å². The summed E-state index contributed by atoms with van der Waals surface area (Å²) in [6.45, 7) is 8.17. The highest BCUT2D eigenvalue weighted by molar-refractivity contribution is 8.00. The maximum absolute atomic E-state index is 12.3. The van der Waals surface area contributed by atoms with Gasteiger partial charge in [-0.25, -0.2) is 0 Å². The Morgan fingerprint density at radius 2 is 1.96 bits per heavy atom. The normalized spacial score (nSPS) is 22.1. The van der Waals surface area contributed by atoms with E-state index in [2.05, 4.69) is 17.0 Å². The Kier molecular flexibility index (Phi) is 6.40. The first kappa shape index (κ1) is 17.6. The third kappa shape index (κ3) is 4.43. The Morgan fingerprint density at radius 1 is 1.21 bits per heavy atom. The number of thioether (sulfide) groups is 1. The van der Waals surface area contributed by atoms with Gasteiger partial charge in [0.1, 0.15) is 11.1 Å². The van der Waals surface area contributed by atoms with Crippen LogP contribution in [0.5, 0.6) is 5.75 Å². The summed E-state index contributed by atoms with van der Waals surface area (Å²) in [5.74, 6) is 1.71. The molecule has 6 heteroatoms. The van der Waals surface area contributed by atoms with Gasteiger partial charge in [-0.3, -0.25) is 9.69 Å². The number of hydrogen-bond acceptors (Lipinski definition) is 5. The highest BCUT2D eigenvalue weighted by atomic mass is 32.2. The molecule has 0 saturated carbocycles. The summed E-state index contributed by atoms with van der Waals surface area (Å²) in [7, 11) is 0. The summed E-state index contributed by atoms with van der Waals surface area (Å²) in [6.07, 6.45) is 1.01. The zero-order valence-corrected chi connectivity index (χ0v) is 15.1.